The highest BCUT2D eigenvalue weighted by atomic mass is 16.6. The lowest BCUT2D eigenvalue weighted by Crippen LogP contribution is -2.08. The van der Waals surface area contributed by atoms with Crippen LogP contribution in [0.3, 0.4) is 0 Å². The van der Waals surface area contributed by atoms with Gasteiger partial charge >= 0.3 is 5.70 Å². The largest absolute Gasteiger partial charge is 0.494 e. The molecule has 0 heterocycles. The van der Waals surface area contributed by atoms with E-state index in [4.69, 9.17) is 0 Å². The Morgan fingerprint density at radius 2 is 2.27 bits per heavy atom. The van der Waals surface area contributed by atoms with E-state index in [1.165, 1.54) is 0 Å². The molecular weight excluding hydrogens is 150 g/mol. The fourth-order valence-electron chi connectivity index (χ4n) is 0.417. The second kappa shape index (κ2) is 4.43. The van der Waals surface area contributed by atoms with Gasteiger partial charge in [-0.2, -0.15) is 0 Å². The number of hydrogen-bond acceptors (Lipinski definition) is 4. The molecule has 0 amide bonds. The minimum Gasteiger partial charge on any atom is -0.494 e. The molecule has 0 aromatic heterocycles. The van der Waals surface area contributed by atoms with Crippen molar-refractivity contribution in [2.75, 3.05) is 6.61 Å². The Hall–Kier alpha value is -1.39. The van der Waals surface area contributed by atoms with Gasteiger partial charge in [-0.15, -0.1) is 0 Å². The Kier molecular flexibility index (Phi) is 3.87. The summed E-state index contributed by atoms with van der Waals surface area (Å²) in [6, 6.07) is 0. The Morgan fingerprint density at radius 1 is 1.73 bits per heavy atom. The summed E-state index contributed by atoms with van der Waals surface area (Å²) < 4.78 is 4.59. The minimum absolute atomic E-state index is 0.310. The van der Waals surface area contributed by atoms with Crippen molar-refractivity contribution in [1.29, 1.82) is 0 Å². The molecule has 62 valence electrons. The highest BCUT2D eigenvalue weighted by molar-refractivity contribution is 5.90. The van der Waals surface area contributed by atoms with E-state index in [0.717, 1.165) is 13.2 Å². The number of rotatable bonds is 4. The summed E-state index contributed by atoms with van der Waals surface area (Å²) >= 11 is 0. The van der Waals surface area contributed by atoms with Crippen LogP contribution in [0.15, 0.2) is 12.0 Å². The first-order valence-corrected chi connectivity index (χ1v) is 3.06. The van der Waals surface area contributed by atoms with E-state index < -0.39 is 16.4 Å². The Morgan fingerprint density at radius 3 is 2.55 bits per heavy atom. The van der Waals surface area contributed by atoms with Gasteiger partial charge < -0.3 is 4.74 Å². The predicted molar refractivity (Wildman–Crippen MR) is 37.4 cm³/mol. The normalized spacial score (nSPS) is 10.9. The first kappa shape index (κ1) is 9.61. The lowest BCUT2D eigenvalue weighted by molar-refractivity contribution is -0.420. The molecule has 0 fully saturated rings. The van der Waals surface area contributed by atoms with Crippen LogP contribution in [0.4, 0.5) is 0 Å². The van der Waals surface area contributed by atoms with Gasteiger partial charge in [0.25, 0.3) is 0 Å². The summed E-state index contributed by atoms with van der Waals surface area (Å²) in [6.45, 7) is 3.10. The van der Waals surface area contributed by atoms with Crippen molar-refractivity contribution in [2.24, 2.45) is 0 Å². The Balaban J connectivity index is 4.33. The van der Waals surface area contributed by atoms with Crippen molar-refractivity contribution < 1.29 is 14.5 Å². The number of carbonyl (C=O) groups excluding carboxylic acids is 1. The van der Waals surface area contributed by atoms with Crippen molar-refractivity contribution in [3.05, 3.63) is 22.1 Å². The molecule has 0 aromatic rings. The summed E-state index contributed by atoms with van der Waals surface area (Å²) in [5.74, 6) is -0.608. The summed E-state index contributed by atoms with van der Waals surface area (Å²) in [5, 5.41) is 10.1. The smallest absolute Gasteiger partial charge is 0.345 e. The standard InChI is InChI=1S/C6H9NO4/c1-3-11-4-6(5(2)8)7(9)10/h4H,3H2,1-2H3/b6-4-. The third-order valence-electron chi connectivity index (χ3n) is 0.919. The summed E-state index contributed by atoms with van der Waals surface area (Å²) in [4.78, 5) is 19.8. The molecule has 0 aliphatic heterocycles. The zero-order chi connectivity index (χ0) is 8.85. The Bertz CT molecular complexity index is 181. The van der Waals surface area contributed by atoms with E-state index in [0.29, 0.717) is 6.61 Å². The molecule has 0 unspecified atom stereocenters. The lowest BCUT2D eigenvalue weighted by atomic mass is 10.3. The maximum Gasteiger partial charge on any atom is 0.345 e. The van der Waals surface area contributed by atoms with E-state index in [-0.39, 0.29) is 0 Å². The molecule has 11 heavy (non-hydrogen) atoms. The number of hydrogen-bond donors (Lipinski definition) is 0. The molecular formula is C6H9NO4. The molecule has 0 N–H and O–H groups in total. The van der Waals surface area contributed by atoms with Gasteiger partial charge in [0.2, 0.25) is 5.78 Å². The van der Waals surface area contributed by atoms with Gasteiger partial charge in [0.1, 0.15) is 0 Å². The first-order valence-electron chi connectivity index (χ1n) is 3.06. The van der Waals surface area contributed by atoms with E-state index in [1.54, 1.807) is 6.92 Å². The zero-order valence-corrected chi connectivity index (χ0v) is 6.36. The van der Waals surface area contributed by atoms with Crippen LogP contribution in [-0.2, 0) is 9.53 Å². The molecule has 0 bridgehead atoms. The molecule has 0 aliphatic carbocycles. The lowest BCUT2D eigenvalue weighted by Gasteiger charge is -1.93. The van der Waals surface area contributed by atoms with Crippen LogP contribution in [0.25, 0.3) is 0 Å². The second-order valence-corrected chi connectivity index (χ2v) is 1.77. The minimum atomic E-state index is -0.766. The number of Topliss-reactive ketones (excluding diaryl/α,β-unsaturated/α-hetero) is 1. The van der Waals surface area contributed by atoms with Gasteiger partial charge in [0, 0.05) is 6.92 Å². The molecule has 0 radical (unpaired) electrons. The van der Waals surface area contributed by atoms with E-state index >= 15 is 0 Å². The van der Waals surface area contributed by atoms with E-state index in [2.05, 4.69) is 4.74 Å². The fourth-order valence-corrected chi connectivity index (χ4v) is 0.417. The number of nitrogens with zero attached hydrogens (tertiary/aromatic N) is 1. The van der Waals surface area contributed by atoms with E-state index in [9.17, 15) is 14.9 Å². The van der Waals surface area contributed by atoms with Crippen molar-refractivity contribution in [2.45, 2.75) is 13.8 Å². The van der Waals surface area contributed by atoms with Crippen molar-refractivity contribution >= 4 is 5.78 Å². The summed E-state index contributed by atoms with van der Waals surface area (Å²) in [5.41, 5.74) is -0.521. The molecule has 0 rings (SSSR count). The molecule has 0 atom stereocenters. The highest BCUT2D eigenvalue weighted by Crippen LogP contribution is 1.96. The topological polar surface area (TPSA) is 69.4 Å². The number of carbonyl (C=O) groups is 1. The number of nitro groups is 1. The third kappa shape index (κ3) is 3.34. The van der Waals surface area contributed by atoms with Crippen LogP contribution in [0.5, 0.6) is 0 Å². The summed E-state index contributed by atoms with van der Waals surface area (Å²) in [6.07, 6.45) is 0.863. The average molecular weight is 159 g/mol. The average Bonchev–Trinajstić information content (AvgIpc) is 1.87. The maximum absolute atomic E-state index is 10.5. The zero-order valence-electron chi connectivity index (χ0n) is 6.36. The van der Waals surface area contributed by atoms with Crippen LogP contribution in [0.1, 0.15) is 13.8 Å². The quantitative estimate of drug-likeness (QED) is 0.262. The monoisotopic (exact) mass is 159 g/mol. The van der Waals surface area contributed by atoms with Gasteiger partial charge in [-0.1, -0.05) is 0 Å². The number of ketones is 1. The first-order chi connectivity index (χ1) is 5.09. The maximum atomic E-state index is 10.5. The van der Waals surface area contributed by atoms with Gasteiger partial charge in [-0.05, 0) is 6.92 Å². The fraction of sp³-hybridized carbons (Fsp3) is 0.500. The highest BCUT2D eigenvalue weighted by Gasteiger charge is 2.16. The van der Waals surface area contributed by atoms with Gasteiger partial charge in [0.15, 0.2) is 6.26 Å². The SMILES string of the molecule is CCO/C=C(/C(C)=O)[N+](=O)[O-]. The Labute approximate surface area is 63.8 Å². The molecule has 5 heteroatoms. The van der Waals surface area contributed by atoms with Crippen molar-refractivity contribution in [3.63, 3.8) is 0 Å². The summed E-state index contributed by atoms with van der Waals surface area (Å²) in [7, 11) is 0. The van der Waals surface area contributed by atoms with Gasteiger partial charge in [0.05, 0.1) is 11.5 Å². The van der Waals surface area contributed by atoms with Crippen molar-refractivity contribution in [1.82, 2.24) is 0 Å². The van der Waals surface area contributed by atoms with Crippen LogP contribution >= 0.6 is 0 Å². The molecule has 0 aromatic carbocycles. The van der Waals surface area contributed by atoms with Crippen LogP contribution in [0.2, 0.25) is 0 Å². The molecule has 0 saturated heterocycles. The third-order valence-corrected chi connectivity index (χ3v) is 0.919. The molecule has 5 nitrogen and oxygen atoms in total. The van der Waals surface area contributed by atoms with Gasteiger partial charge in [-0.3, -0.25) is 14.9 Å². The molecule has 0 spiro atoms. The van der Waals surface area contributed by atoms with Gasteiger partial charge in [-0.25, -0.2) is 0 Å². The van der Waals surface area contributed by atoms with Crippen LogP contribution in [-0.4, -0.2) is 17.3 Å². The number of ether oxygens (including phenoxy) is 1. The molecule has 0 saturated carbocycles. The van der Waals surface area contributed by atoms with Crippen LogP contribution < -0.4 is 0 Å². The van der Waals surface area contributed by atoms with Crippen LogP contribution in [0, 0.1) is 10.1 Å². The second-order valence-electron chi connectivity index (χ2n) is 1.77. The molecule has 0 aliphatic rings. The number of allylic oxidation sites excluding steroid dienone is 1. The predicted octanol–water partition coefficient (Wildman–Crippen LogP) is 0.730. The van der Waals surface area contributed by atoms with E-state index in [1.807, 2.05) is 0 Å². The van der Waals surface area contributed by atoms with Crippen molar-refractivity contribution in [3.8, 4) is 0 Å².